The number of pyridine rings is 1. The number of hydrogen-bond acceptors (Lipinski definition) is 6. The number of methoxy groups -OCH3 is 2. The molecule has 3 aromatic rings. The Morgan fingerprint density at radius 3 is 2.26 bits per heavy atom. The lowest BCUT2D eigenvalue weighted by molar-refractivity contribution is 0.353. The molecule has 7 nitrogen and oxygen atoms in total. The van der Waals surface area contributed by atoms with Crippen molar-refractivity contribution in [3.05, 3.63) is 54.2 Å². The van der Waals surface area contributed by atoms with Gasteiger partial charge >= 0.3 is 0 Å². The molecule has 1 saturated heterocycles. The van der Waals surface area contributed by atoms with E-state index >= 15 is 0 Å². The standard InChI is InChI=1S/C21H21F2N3O4S/c1-29-18-6-3-14(13-19(18)30-2)31(27,28)26-11-9-25(10-12-26)17-7-8-24-21-16(23)5-4-15(22)20(17)21/h3-8,13H,9-12H2,1-2H3. The molecule has 0 bridgehead atoms. The molecule has 0 saturated carbocycles. The molecule has 4 rings (SSSR count). The number of benzene rings is 2. The van der Waals surface area contributed by atoms with Crippen molar-refractivity contribution in [3.8, 4) is 11.5 Å². The van der Waals surface area contributed by atoms with Crippen molar-refractivity contribution in [2.75, 3.05) is 45.3 Å². The average Bonchev–Trinajstić information content (AvgIpc) is 2.80. The zero-order chi connectivity index (χ0) is 22.2. The van der Waals surface area contributed by atoms with E-state index in [4.69, 9.17) is 9.47 Å². The Kier molecular flexibility index (Phi) is 5.67. The minimum absolute atomic E-state index is 0.0436. The Balaban J connectivity index is 1.58. The molecule has 0 spiro atoms. The van der Waals surface area contributed by atoms with Crippen LogP contribution in [0.1, 0.15) is 0 Å². The van der Waals surface area contributed by atoms with Crippen molar-refractivity contribution in [1.29, 1.82) is 0 Å². The first-order valence-electron chi connectivity index (χ1n) is 9.56. The normalized spacial score (nSPS) is 15.3. The highest BCUT2D eigenvalue weighted by Gasteiger charge is 2.30. The lowest BCUT2D eigenvalue weighted by Gasteiger charge is -2.35. The third-order valence-electron chi connectivity index (χ3n) is 5.34. The summed E-state index contributed by atoms with van der Waals surface area (Å²) in [6, 6.07) is 8.17. The third-order valence-corrected chi connectivity index (χ3v) is 7.24. The van der Waals surface area contributed by atoms with Crippen LogP contribution in [0.15, 0.2) is 47.5 Å². The first-order valence-corrected chi connectivity index (χ1v) is 11.0. The van der Waals surface area contributed by atoms with Crippen molar-refractivity contribution >= 4 is 26.6 Å². The van der Waals surface area contributed by atoms with Gasteiger partial charge in [-0.15, -0.1) is 0 Å². The van der Waals surface area contributed by atoms with Crippen molar-refractivity contribution in [2.24, 2.45) is 0 Å². The topological polar surface area (TPSA) is 72.0 Å². The van der Waals surface area contributed by atoms with E-state index in [-0.39, 0.29) is 28.9 Å². The second kappa shape index (κ2) is 8.27. The van der Waals surface area contributed by atoms with Gasteiger partial charge in [0.15, 0.2) is 11.5 Å². The molecule has 10 heteroatoms. The van der Waals surface area contributed by atoms with Gasteiger partial charge in [0.05, 0.1) is 30.2 Å². The van der Waals surface area contributed by atoms with E-state index in [1.54, 1.807) is 12.1 Å². The number of nitrogens with zero attached hydrogens (tertiary/aromatic N) is 3. The molecule has 0 radical (unpaired) electrons. The van der Waals surface area contributed by atoms with E-state index in [1.165, 1.54) is 36.9 Å². The summed E-state index contributed by atoms with van der Waals surface area (Å²) >= 11 is 0. The van der Waals surface area contributed by atoms with Crippen LogP contribution in [0, 0.1) is 11.6 Å². The average molecular weight is 449 g/mol. The van der Waals surface area contributed by atoms with Crippen LogP contribution in [-0.2, 0) is 10.0 Å². The number of rotatable bonds is 5. The second-order valence-electron chi connectivity index (χ2n) is 6.99. The number of aromatic nitrogens is 1. The van der Waals surface area contributed by atoms with Crippen LogP contribution in [0.3, 0.4) is 0 Å². The van der Waals surface area contributed by atoms with Crippen LogP contribution in [0.25, 0.3) is 10.9 Å². The summed E-state index contributed by atoms with van der Waals surface area (Å²) in [5, 5.41) is 0.0960. The van der Waals surface area contributed by atoms with Crippen LogP contribution < -0.4 is 14.4 Å². The van der Waals surface area contributed by atoms with Crippen molar-refractivity contribution in [3.63, 3.8) is 0 Å². The molecule has 2 aromatic carbocycles. The lowest BCUT2D eigenvalue weighted by atomic mass is 10.1. The van der Waals surface area contributed by atoms with Crippen molar-refractivity contribution < 1.29 is 26.7 Å². The summed E-state index contributed by atoms with van der Waals surface area (Å²) in [4.78, 5) is 5.89. The predicted octanol–water partition coefficient (Wildman–Crippen LogP) is 3.04. The molecule has 1 aromatic heterocycles. The summed E-state index contributed by atoms with van der Waals surface area (Å²) in [5.74, 6) is -0.416. The van der Waals surface area contributed by atoms with E-state index in [9.17, 15) is 17.2 Å². The Morgan fingerprint density at radius 2 is 1.58 bits per heavy atom. The maximum atomic E-state index is 14.4. The molecule has 0 atom stereocenters. The summed E-state index contributed by atoms with van der Waals surface area (Å²) < 4.78 is 66.5. The molecule has 1 fully saturated rings. The van der Waals surface area contributed by atoms with Crippen molar-refractivity contribution in [1.82, 2.24) is 9.29 Å². The van der Waals surface area contributed by atoms with E-state index < -0.39 is 21.7 Å². The predicted molar refractivity (Wildman–Crippen MR) is 112 cm³/mol. The van der Waals surface area contributed by atoms with Gasteiger partial charge in [-0.25, -0.2) is 17.2 Å². The minimum atomic E-state index is -3.76. The van der Waals surface area contributed by atoms with E-state index in [1.807, 2.05) is 4.90 Å². The van der Waals surface area contributed by atoms with Crippen LogP contribution in [0.5, 0.6) is 11.5 Å². The summed E-state index contributed by atoms with van der Waals surface area (Å²) in [7, 11) is -0.844. The van der Waals surface area contributed by atoms with E-state index in [2.05, 4.69) is 4.98 Å². The highest BCUT2D eigenvalue weighted by Crippen LogP contribution is 2.33. The molecular formula is C21H21F2N3O4S. The molecule has 0 aliphatic carbocycles. The van der Waals surface area contributed by atoms with Gasteiger partial charge in [-0.3, -0.25) is 4.98 Å². The molecule has 1 aliphatic heterocycles. The molecule has 31 heavy (non-hydrogen) atoms. The Labute approximate surface area is 178 Å². The maximum absolute atomic E-state index is 14.4. The van der Waals surface area contributed by atoms with Gasteiger partial charge in [-0.1, -0.05) is 0 Å². The molecule has 2 heterocycles. The number of hydrogen-bond donors (Lipinski definition) is 0. The molecule has 164 valence electrons. The van der Waals surface area contributed by atoms with Crippen LogP contribution in [-0.4, -0.2) is 58.1 Å². The monoisotopic (exact) mass is 449 g/mol. The summed E-state index contributed by atoms with van der Waals surface area (Å²) in [5.41, 5.74) is 0.447. The Hall–Kier alpha value is -2.98. The van der Waals surface area contributed by atoms with Crippen LogP contribution >= 0.6 is 0 Å². The molecular weight excluding hydrogens is 428 g/mol. The van der Waals surface area contributed by atoms with Gasteiger partial charge in [0.2, 0.25) is 10.0 Å². The van der Waals surface area contributed by atoms with Crippen LogP contribution in [0.2, 0.25) is 0 Å². The fourth-order valence-corrected chi connectivity index (χ4v) is 5.17. The zero-order valence-electron chi connectivity index (χ0n) is 17.0. The largest absolute Gasteiger partial charge is 0.493 e. The lowest BCUT2D eigenvalue weighted by Crippen LogP contribution is -2.48. The highest BCUT2D eigenvalue weighted by molar-refractivity contribution is 7.89. The zero-order valence-corrected chi connectivity index (χ0v) is 17.8. The minimum Gasteiger partial charge on any atom is -0.493 e. The number of anilines is 1. The number of piperazine rings is 1. The van der Waals surface area contributed by atoms with Crippen LogP contribution in [0.4, 0.5) is 14.5 Å². The van der Waals surface area contributed by atoms with Crippen molar-refractivity contribution in [2.45, 2.75) is 4.90 Å². The third kappa shape index (κ3) is 3.77. The van der Waals surface area contributed by atoms with Gasteiger partial charge in [0, 0.05) is 38.4 Å². The van der Waals surface area contributed by atoms with Gasteiger partial charge in [0.1, 0.15) is 17.2 Å². The fraction of sp³-hybridized carbons (Fsp3) is 0.286. The molecule has 1 aliphatic rings. The van der Waals surface area contributed by atoms with E-state index in [0.717, 1.165) is 12.1 Å². The summed E-state index contributed by atoms with van der Waals surface area (Å²) in [6.45, 7) is 1.03. The molecule has 0 amide bonds. The number of ether oxygens (including phenoxy) is 2. The van der Waals surface area contributed by atoms with E-state index in [0.29, 0.717) is 30.3 Å². The Bertz CT molecular complexity index is 1230. The first kappa shape index (κ1) is 21.3. The van der Waals surface area contributed by atoms with Gasteiger partial charge < -0.3 is 14.4 Å². The molecule has 0 unspecified atom stereocenters. The van der Waals surface area contributed by atoms with Gasteiger partial charge in [-0.05, 0) is 30.3 Å². The second-order valence-corrected chi connectivity index (χ2v) is 8.93. The number of sulfonamides is 1. The highest BCUT2D eigenvalue weighted by atomic mass is 32.2. The molecule has 0 N–H and O–H groups in total. The van der Waals surface area contributed by atoms with Gasteiger partial charge in [-0.2, -0.15) is 4.31 Å². The Morgan fingerprint density at radius 1 is 0.903 bits per heavy atom. The maximum Gasteiger partial charge on any atom is 0.243 e. The van der Waals surface area contributed by atoms with Gasteiger partial charge in [0.25, 0.3) is 0 Å². The first-order chi connectivity index (χ1) is 14.9. The smallest absolute Gasteiger partial charge is 0.243 e. The summed E-state index contributed by atoms with van der Waals surface area (Å²) in [6.07, 6.45) is 1.42. The number of fused-ring (bicyclic) bond motifs is 1. The quantitative estimate of drug-likeness (QED) is 0.596. The number of halogens is 2. The SMILES string of the molecule is COc1ccc(S(=O)(=O)N2CCN(c3ccnc4c(F)ccc(F)c34)CC2)cc1OC. The fourth-order valence-electron chi connectivity index (χ4n) is 3.74.